The second kappa shape index (κ2) is 8.22. The van der Waals surface area contributed by atoms with Gasteiger partial charge in [-0.2, -0.15) is 0 Å². The summed E-state index contributed by atoms with van der Waals surface area (Å²) in [7, 11) is 3.44. The first-order chi connectivity index (χ1) is 10.8. The third kappa shape index (κ3) is 3.93. The summed E-state index contributed by atoms with van der Waals surface area (Å²) in [5, 5.41) is 3.61. The van der Waals surface area contributed by atoms with Gasteiger partial charge in [0.05, 0.1) is 14.2 Å². The van der Waals surface area contributed by atoms with Crippen LogP contribution in [0, 0.1) is 0 Å². The van der Waals surface area contributed by atoms with Gasteiger partial charge < -0.3 is 14.8 Å². The van der Waals surface area contributed by atoms with Crippen LogP contribution in [0.3, 0.4) is 0 Å². The Bertz CT molecular complexity index is 496. The molecule has 0 unspecified atom stereocenters. The molecule has 1 N–H and O–H groups in total. The minimum Gasteiger partial charge on any atom is -0.497 e. The molecule has 1 saturated carbocycles. The molecule has 0 aromatic heterocycles. The monoisotopic (exact) mass is 340 g/mol. The van der Waals surface area contributed by atoms with Crippen molar-refractivity contribution in [3.05, 3.63) is 23.8 Å². The van der Waals surface area contributed by atoms with Crippen LogP contribution in [0.15, 0.2) is 18.2 Å². The minimum atomic E-state index is 0. The largest absolute Gasteiger partial charge is 0.497 e. The van der Waals surface area contributed by atoms with Crippen molar-refractivity contribution in [2.45, 2.75) is 44.2 Å². The van der Waals surface area contributed by atoms with Crippen molar-refractivity contribution in [1.29, 1.82) is 0 Å². The van der Waals surface area contributed by atoms with Crippen molar-refractivity contribution in [2.75, 3.05) is 33.9 Å². The molecule has 1 saturated heterocycles. The molecule has 130 valence electrons. The van der Waals surface area contributed by atoms with Crippen molar-refractivity contribution < 1.29 is 9.47 Å². The van der Waals surface area contributed by atoms with Crippen LogP contribution in [0.5, 0.6) is 11.5 Å². The van der Waals surface area contributed by atoms with Gasteiger partial charge in [-0.3, -0.25) is 4.90 Å². The van der Waals surface area contributed by atoms with Crippen LogP contribution in [0.1, 0.15) is 37.7 Å². The second-order valence-corrected chi connectivity index (χ2v) is 6.56. The van der Waals surface area contributed by atoms with Crippen molar-refractivity contribution >= 4 is 12.4 Å². The molecule has 1 aromatic carbocycles. The summed E-state index contributed by atoms with van der Waals surface area (Å²) in [6.45, 7) is 4.30. The highest BCUT2D eigenvalue weighted by molar-refractivity contribution is 5.85. The quantitative estimate of drug-likeness (QED) is 0.912. The van der Waals surface area contributed by atoms with Crippen LogP contribution in [0.25, 0.3) is 0 Å². The van der Waals surface area contributed by atoms with Gasteiger partial charge in [-0.05, 0) is 18.9 Å². The van der Waals surface area contributed by atoms with Gasteiger partial charge in [-0.25, -0.2) is 0 Å². The fourth-order valence-electron chi connectivity index (χ4n) is 4.02. The van der Waals surface area contributed by atoms with E-state index in [1.165, 1.54) is 37.7 Å². The van der Waals surface area contributed by atoms with Crippen LogP contribution in [0.2, 0.25) is 0 Å². The molecule has 2 aliphatic rings. The zero-order valence-corrected chi connectivity index (χ0v) is 15.1. The van der Waals surface area contributed by atoms with Gasteiger partial charge in [0.15, 0.2) is 0 Å². The normalized spacial score (nSPS) is 20.8. The first-order valence-electron chi connectivity index (χ1n) is 8.44. The van der Waals surface area contributed by atoms with Gasteiger partial charge in [0.1, 0.15) is 11.5 Å². The molecule has 0 amide bonds. The molecule has 4 nitrogen and oxygen atoms in total. The smallest absolute Gasteiger partial charge is 0.127 e. The average molecular weight is 341 g/mol. The lowest BCUT2D eigenvalue weighted by molar-refractivity contribution is 0.0204. The van der Waals surface area contributed by atoms with Crippen LogP contribution in [-0.2, 0) is 6.54 Å². The Labute approximate surface area is 145 Å². The first kappa shape index (κ1) is 18.4. The molecule has 2 fully saturated rings. The summed E-state index contributed by atoms with van der Waals surface area (Å²) in [5.41, 5.74) is 1.61. The molecule has 0 atom stereocenters. The number of piperazine rings is 1. The van der Waals surface area contributed by atoms with E-state index in [0.29, 0.717) is 5.54 Å². The van der Waals surface area contributed by atoms with Gasteiger partial charge in [0, 0.05) is 43.3 Å². The zero-order chi connectivity index (χ0) is 15.4. The number of hydrogen-bond donors (Lipinski definition) is 1. The fraction of sp³-hybridized carbons (Fsp3) is 0.667. The number of rotatable bonds is 4. The predicted octanol–water partition coefficient (Wildman–Crippen LogP) is 3.23. The molecule has 0 radical (unpaired) electrons. The number of ether oxygens (including phenoxy) is 2. The SMILES string of the molecule is COc1ccc(CN2CCNCC23CCCCC3)c(OC)c1.Cl. The van der Waals surface area contributed by atoms with E-state index < -0.39 is 0 Å². The molecule has 3 rings (SSSR count). The molecule has 1 heterocycles. The molecule has 1 spiro atoms. The average Bonchev–Trinajstić information content (AvgIpc) is 2.58. The minimum absolute atomic E-state index is 0. The van der Waals surface area contributed by atoms with Gasteiger partial charge in [-0.1, -0.05) is 25.3 Å². The van der Waals surface area contributed by atoms with Crippen LogP contribution < -0.4 is 14.8 Å². The van der Waals surface area contributed by atoms with Gasteiger partial charge in [0.25, 0.3) is 0 Å². The summed E-state index contributed by atoms with van der Waals surface area (Å²) in [6, 6.07) is 6.18. The molecule has 5 heteroatoms. The second-order valence-electron chi connectivity index (χ2n) is 6.56. The van der Waals surface area contributed by atoms with E-state index in [4.69, 9.17) is 9.47 Å². The lowest BCUT2D eigenvalue weighted by atomic mass is 9.79. The van der Waals surface area contributed by atoms with Crippen LogP contribution in [0.4, 0.5) is 0 Å². The molecular weight excluding hydrogens is 312 g/mol. The Morgan fingerprint density at radius 2 is 1.91 bits per heavy atom. The summed E-state index contributed by atoms with van der Waals surface area (Å²) < 4.78 is 10.9. The maximum atomic E-state index is 5.58. The van der Waals surface area contributed by atoms with Crippen molar-refractivity contribution in [3.63, 3.8) is 0 Å². The molecule has 23 heavy (non-hydrogen) atoms. The number of hydrogen-bond acceptors (Lipinski definition) is 4. The van der Waals surface area contributed by atoms with E-state index >= 15 is 0 Å². The standard InChI is InChI=1S/C18H28N2O2.ClH/c1-21-16-7-6-15(17(12-16)22-2)13-20-11-10-19-14-18(20)8-4-3-5-9-18;/h6-7,12,19H,3-5,8-11,13-14H2,1-2H3;1H. The van der Waals surface area contributed by atoms with Gasteiger partial charge in [0.2, 0.25) is 0 Å². The van der Waals surface area contributed by atoms with E-state index in [1.54, 1.807) is 14.2 Å². The highest BCUT2D eigenvalue weighted by Crippen LogP contribution is 2.37. The van der Waals surface area contributed by atoms with Crippen molar-refractivity contribution in [2.24, 2.45) is 0 Å². The molecule has 1 aromatic rings. The van der Waals surface area contributed by atoms with Crippen LogP contribution in [-0.4, -0.2) is 44.3 Å². The molecule has 1 aliphatic heterocycles. The van der Waals surface area contributed by atoms with Crippen molar-refractivity contribution in [3.8, 4) is 11.5 Å². The van der Waals surface area contributed by atoms with Crippen LogP contribution >= 0.6 is 12.4 Å². The Morgan fingerprint density at radius 1 is 1.13 bits per heavy atom. The van der Waals surface area contributed by atoms with Gasteiger partial charge in [-0.15, -0.1) is 12.4 Å². The van der Waals surface area contributed by atoms with E-state index in [2.05, 4.69) is 16.3 Å². The highest BCUT2D eigenvalue weighted by Gasteiger charge is 2.39. The maximum Gasteiger partial charge on any atom is 0.127 e. The number of methoxy groups -OCH3 is 2. The topological polar surface area (TPSA) is 33.7 Å². The number of nitrogens with one attached hydrogen (secondary N) is 1. The fourth-order valence-corrected chi connectivity index (χ4v) is 4.02. The first-order valence-corrected chi connectivity index (χ1v) is 8.44. The molecular formula is C18H29ClN2O2. The van der Waals surface area contributed by atoms with Crippen molar-refractivity contribution in [1.82, 2.24) is 10.2 Å². The zero-order valence-electron chi connectivity index (χ0n) is 14.3. The van der Waals surface area contributed by atoms with E-state index in [1.807, 2.05) is 12.1 Å². The predicted molar refractivity (Wildman–Crippen MR) is 95.9 cm³/mol. The van der Waals surface area contributed by atoms with Gasteiger partial charge >= 0.3 is 0 Å². The third-order valence-corrected chi connectivity index (χ3v) is 5.32. The summed E-state index contributed by atoms with van der Waals surface area (Å²) in [6.07, 6.45) is 6.74. The Morgan fingerprint density at radius 3 is 2.61 bits per heavy atom. The Kier molecular flexibility index (Phi) is 6.57. The number of nitrogens with zero attached hydrogens (tertiary/aromatic N) is 1. The molecule has 1 aliphatic carbocycles. The maximum absolute atomic E-state index is 5.58. The lowest BCUT2D eigenvalue weighted by Gasteiger charge is -2.50. The summed E-state index contributed by atoms with van der Waals surface area (Å²) >= 11 is 0. The Balaban J connectivity index is 0.00000192. The number of halogens is 1. The third-order valence-electron chi connectivity index (χ3n) is 5.32. The van der Waals surface area contributed by atoms with E-state index in [0.717, 1.165) is 37.7 Å². The molecule has 0 bridgehead atoms. The number of benzene rings is 1. The van der Waals surface area contributed by atoms with E-state index in [9.17, 15) is 0 Å². The Hall–Kier alpha value is -0.970. The lowest BCUT2D eigenvalue weighted by Crippen LogP contribution is -2.61. The summed E-state index contributed by atoms with van der Waals surface area (Å²) in [4.78, 5) is 2.69. The van der Waals surface area contributed by atoms with E-state index in [-0.39, 0.29) is 12.4 Å². The highest BCUT2D eigenvalue weighted by atomic mass is 35.5. The summed E-state index contributed by atoms with van der Waals surface area (Å²) in [5.74, 6) is 1.79.